The molecule has 0 unspecified atom stereocenters. The Hall–Kier alpha value is -2.69. The molecule has 2 heterocycles. The molecule has 0 bridgehead atoms. The van der Waals surface area contributed by atoms with Crippen LogP contribution in [0.1, 0.15) is 24.8 Å². The molecule has 1 amide bonds. The monoisotopic (exact) mass is 292 g/mol. The zero-order valence-corrected chi connectivity index (χ0v) is 12.1. The van der Waals surface area contributed by atoms with Gasteiger partial charge in [0.05, 0.1) is 11.6 Å². The fraction of sp³-hybridized carbons (Fsp3) is 0.235. The molecule has 0 aliphatic heterocycles. The van der Waals surface area contributed by atoms with Crippen LogP contribution in [0.15, 0.2) is 54.9 Å². The van der Waals surface area contributed by atoms with Crippen molar-refractivity contribution in [3.63, 3.8) is 0 Å². The van der Waals surface area contributed by atoms with Gasteiger partial charge in [-0.25, -0.2) is 4.98 Å². The molecule has 0 atom stereocenters. The molecule has 22 heavy (non-hydrogen) atoms. The smallest absolute Gasteiger partial charge is 0.236 e. The number of rotatable bonds is 3. The van der Waals surface area contributed by atoms with Crippen LogP contribution >= 0.6 is 0 Å². The average Bonchev–Trinajstić information content (AvgIpc) is 2.97. The predicted octanol–water partition coefficient (Wildman–Crippen LogP) is 2.79. The van der Waals surface area contributed by atoms with Crippen molar-refractivity contribution in [1.82, 2.24) is 14.6 Å². The maximum absolute atomic E-state index is 12.9. The highest BCUT2D eigenvalue weighted by Crippen LogP contribution is 2.44. The van der Waals surface area contributed by atoms with E-state index in [1.165, 1.54) is 0 Å². The third-order valence-electron chi connectivity index (χ3n) is 4.50. The van der Waals surface area contributed by atoms with Crippen molar-refractivity contribution in [3.8, 4) is 0 Å². The number of carbonyl (C=O) groups excluding carboxylic acids is 1. The minimum absolute atomic E-state index is 0.0351. The normalized spacial score (nSPS) is 16.2. The van der Waals surface area contributed by atoms with Crippen molar-refractivity contribution in [2.24, 2.45) is 0 Å². The topological polar surface area (TPSA) is 59.3 Å². The molecule has 3 aromatic rings. The molecule has 5 heteroatoms. The van der Waals surface area contributed by atoms with Gasteiger partial charge in [-0.2, -0.15) is 9.61 Å². The van der Waals surface area contributed by atoms with Gasteiger partial charge in [0.25, 0.3) is 0 Å². The van der Waals surface area contributed by atoms with Crippen LogP contribution in [0.2, 0.25) is 0 Å². The van der Waals surface area contributed by atoms with Gasteiger partial charge in [-0.05, 0) is 24.5 Å². The van der Waals surface area contributed by atoms with E-state index in [1.807, 2.05) is 36.4 Å². The van der Waals surface area contributed by atoms with Gasteiger partial charge >= 0.3 is 0 Å². The third kappa shape index (κ3) is 1.89. The third-order valence-corrected chi connectivity index (χ3v) is 4.50. The van der Waals surface area contributed by atoms with Gasteiger partial charge in [-0.1, -0.05) is 36.8 Å². The Morgan fingerprint density at radius 3 is 2.64 bits per heavy atom. The molecule has 1 fully saturated rings. The minimum atomic E-state index is -0.413. The van der Waals surface area contributed by atoms with Gasteiger partial charge in [0.2, 0.25) is 5.91 Å². The van der Waals surface area contributed by atoms with E-state index in [0.29, 0.717) is 5.82 Å². The first kappa shape index (κ1) is 13.0. The number of nitrogens with one attached hydrogen (secondary N) is 1. The van der Waals surface area contributed by atoms with E-state index in [-0.39, 0.29) is 5.91 Å². The molecule has 110 valence electrons. The molecule has 1 aliphatic rings. The lowest BCUT2D eigenvalue weighted by Gasteiger charge is -2.40. The van der Waals surface area contributed by atoms with E-state index in [1.54, 1.807) is 23.0 Å². The molecule has 0 radical (unpaired) electrons. The molecule has 1 N–H and O–H groups in total. The Bertz CT molecular complexity index is 821. The number of hydrogen-bond donors (Lipinski definition) is 1. The van der Waals surface area contributed by atoms with Crippen LogP contribution < -0.4 is 5.32 Å². The number of aromatic nitrogens is 3. The molecule has 5 nitrogen and oxygen atoms in total. The summed E-state index contributed by atoms with van der Waals surface area (Å²) in [5.74, 6) is 0.690. The zero-order chi connectivity index (χ0) is 15.0. The number of fused-ring (bicyclic) bond motifs is 1. The Morgan fingerprint density at radius 1 is 1.09 bits per heavy atom. The molecule has 2 aromatic heterocycles. The second-order valence-corrected chi connectivity index (χ2v) is 5.69. The van der Waals surface area contributed by atoms with E-state index in [0.717, 1.165) is 30.5 Å². The van der Waals surface area contributed by atoms with Gasteiger partial charge in [0, 0.05) is 12.3 Å². The molecular formula is C17H16N4O. The summed E-state index contributed by atoms with van der Waals surface area (Å²) < 4.78 is 1.65. The number of anilines is 1. The summed E-state index contributed by atoms with van der Waals surface area (Å²) in [4.78, 5) is 17.1. The molecule has 1 aliphatic carbocycles. The van der Waals surface area contributed by atoms with E-state index < -0.39 is 5.41 Å². The predicted molar refractivity (Wildman–Crippen MR) is 83.6 cm³/mol. The molecule has 4 rings (SSSR count). The van der Waals surface area contributed by atoms with Crippen molar-refractivity contribution >= 4 is 17.4 Å². The number of carbonyl (C=O) groups is 1. The zero-order valence-electron chi connectivity index (χ0n) is 12.1. The average molecular weight is 292 g/mol. The first-order valence-electron chi connectivity index (χ1n) is 7.45. The molecular weight excluding hydrogens is 276 g/mol. The Kier molecular flexibility index (Phi) is 2.92. The molecule has 1 saturated carbocycles. The summed E-state index contributed by atoms with van der Waals surface area (Å²) in [5.41, 5.74) is 1.40. The summed E-state index contributed by atoms with van der Waals surface area (Å²) in [7, 11) is 0. The Morgan fingerprint density at radius 2 is 1.91 bits per heavy atom. The van der Waals surface area contributed by atoms with Crippen LogP contribution in [0.3, 0.4) is 0 Å². The van der Waals surface area contributed by atoms with Crippen molar-refractivity contribution in [3.05, 3.63) is 60.4 Å². The maximum atomic E-state index is 12.9. The molecule has 0 saturated heterocycles. The van der Waals surface area contributed by atoms with Crippen LogP contribution in [0, 0.1) is 0 Å². The maximum Gasteiger partial charge on any atom is 0.236 e. The van der Waals surface area contributed by atoms with Gasteiger partial charge in [-0.3, -0.25) is 4.79 Å². The summed E-state index contributed by atoms with van der Waals surface area (Å²) in [6.07, 6.45) is 6.21. The fourth-order valence-electron chi connectivity index (χ4n) is 3.10. The van der Waals surface area contributed by atoms with Crippen molar-refractivity contribution < 1.29 is 4.79 Å². The second kappa shape index (κ2) is 4.94. The van der Waals surface area contributed by atoms with Crippen molar-refractivity contribution in [2.45, 2.75) is 24.7 Å². The van der Waals surface area contributed by atoms with E-state index in [9.17, 15) is 4.79 Å². The lowest BCUT2D eigenvalue weighted by atomic mass is 9.64. The van der Waals surface area contributed by atoms with Crippen LogP contribution in [-0.2, 0) is 10.2 Å². The largest absolute Gasteiger partial charge is 0.310 e. The summed E-state index contributed by atoms with van der Waals surface area (Å²) >= 11 is 0. The first-order valence-corrected chi connectivity index (χ1v) is 7.45. The van der Waals surface area contributed by atoms with Gasteiger partial charge in [-0.15, -0.1) is 0 Å². The van der Waals surface area contributed by atoms with Crippen LogP contribution in [0.25, 0.3) is 5.65 Å². The highest BCUT2D eigenvalue weighted by molar-refractivity contribution is 5.99. The SMILES string of the molecule is O=C(Nc1ccnc2ccnn12)C1(c2ccccc2)CCC1. The number of amides is 1. The number of hydrogen-bond acceptors (Lipinski definition) is 3. The summed E-state index contributed by atoms with van der Waals surface area (Å²) in [6.45, 7) is 0. The van der Waals surface area contributed by atoms with E-state index >= 15 is 0 Å². The second-order valence-electron chi connectivity index (χ2n) is 5.69. The standard InChI is InChI=1S/C17H16N4O/c22-16(17(9-4-10-17)13-5-2-1-3-6-13)20-15-7-11-18-14-8-12-19-21(14)15/h1-3,5-8,11-12H,4,9-10H2,(H,20,22). The first-order chi connectivity index (χ1) is 10.8. The van der Waals surface area contributed by atoms with E-state index in [2.05, 4.69) is 15.4 Å². The van der Waals surface area contributed by atoms with Crippen molar-refractivity contribution in [1.29, 1.82) is 0 Å². The van der Waals surface area contributed by atoms with E-state index in [4.69, 9.17) is 0 Å². The van der Waals surface area contributed by atoms with Crippen LogP contribution in [-0.4, -0.2) is 20.5 Å². The van der Waals surface area contributed by atoms with Crippen molar-refractivity contribution in [2.75, 3.05) is 5.32 Å². The van der Waals surface area contributed by atoms with Gasteiger partial charge in [0.1, 0.15) is 5.82 Å². The molecule has 1 aromatic carbocycles. The quantitative estimate of drug-likeness (QED) is 0.807. The lowest BCUT2D eigenvalue weighted by Crippen LogP contribution is -2.46. The van der Waals surface area contributed by atoms with Gasteiger partial charge in [0.15, 0.2) is 5.65 Å². The Balaban J connectivity index is 1.68. The molecule has 0 spiro atoms. The highest BCUT2D eigenvalue weighted by atomic mass is 16.2. The highest BCUT2D eigenvalue weighted by Gasteiger charge is 2.45. The van der Waals surface area contributed by atoms with Crippen LogP contribution in [0.5, 0.6) is 0 Å². The summed E-state index contributed by atoms with van der Waals surface area (Å²) in [6, 6.07) is 13.6. The fourth-order valence-corrected chi connectivity index (χ4v) is 3.10. The Labute approximate surface area is 128 Å². The minimum Gasteiger partial charge on any atom is -0.310 e. The lowest BCUT2D eigenvalue weighted by molar-refractivity contribution is -0.124. The van der Waals surface area contributed by atoms with Gasteiger partial charge < -0.3 is 5.32 Å². The summed E-state index contributed by atoms with van der Waals surface area (Å²) in [5, 5.41) is 7.24. The van der Waals surface area contributed by atoms with Crippen LogP contribution in [0.4, 0.5) is 5.82 Å². The number of benzene rings is 1. The number of nitrogens with zero attached hydrogens (tertiary/aromatic N) is 3.